The van der Waals surface area contributed by atoms with Crippen LogP contribution in [0.2, 0.25) is 0 Å². The lowest BCUT2D eigenvalue weighted by atomic mass is 10.0. The Labute approximate surface area is 157 Å². The van der Waals surface area contributed by atoms with Crippen molar-refractivity contribution in [2.24, 2.45) is 0 Å². The Balaban J connectivity index is 1.68. The van der Waals surface area contributed by atoms with Gasteiger partial charge in [-0.3, -0.25) is 9.36 Å². The van der Waals surface area contributed by atoms with Crippen LogP contribution in [0.25, 0.3) is 17.1 Å². The molecule has 1 aromatic heterocycles. The number of aromatic amines is 1. The molecule has 0 atom stereocenters. The van der Waals surface area contributed by atoms with Gasteiger partial charge >= 0.3 is 0 Å². The van der Waals surface area contributed by atoms with Crippen molar-refractivity contribution >= 4 is 0 Å². The van der Waals surface area contributed by atoms with Crippen LogP contribution in [0.3, 0.4) is 0 Å². The normalized spacial score (nSPS) is 15.0. The van der Waals surface area contributed by atoms with Gasteiger partial charge < -0.3 is 9.40 Å². The molecule has 1 aromatic carbocycles. The fourth-order valence-electron chi connectivity index (χ4n) is 4.09. The number of benzene rings is 1. The molecular formula is C22H21N3O2. The van der Waals surface area contributed by atoms with E-state index >= 15 is 0 Å². The van der Waals surface area contributed by atoms with Crippen LogP contribution in [0.4, 0.5) is 0 Å². The van der Waals surface area contributed by atoms with E-state index in [2.05, 4.69) is 17.1 Å². The molecule has 1 fully saturated rings. The summed E-state index contributed by atoms with van der Waals surface area (Å²) in [6.45, 7) is 0. The Kier molecular flexibility index (Phi) is 3.93. The first-order valence-electron chi connectivity index (χ1n) is 9.51. The van der Waals surface area contributed by atoms with Crippen LogP contribution >= 0.6 is 0 Å². The van der Waals surface area contributed by atoms with Crippen LogP contribution in [0, 0.1) is 0 Å². The number of aromatic nitrogens is 3. The third kappa shape index (κ3) is 2.89. The van der Waals surface area contributed by atoms with Crippen LogP contribution in [-0.2, 0) is 6.42 Å². The zero-order chi connectivity index (χ0) is 18.2. The second kappa shape index (κ2) is 6.58. The molecule has 5 nitrogen and oxygen atoms in total. The van der Waals surface area contributed by atoms with Crippen molar-refractivity contribution in [3.8, 4) is 17.1 Å². The number of hydrogen-bond donors (Lipinski definition) is 1. The van der Waals surface area contributed by atoms with Crippen LogP contribution in [0.5, 0.6) is 0 Å². The van der Waals surface area contributed by atoms with Gasteiger partial charge in [0.2, 0.25) is 0 Å². The number of nitrogens with zero attached hydrogens (tertiary/aromatic N) is 2. The number of nitrogens with one attached hydrogen (secondary N) is 1. The van der Waals surface area contributed by atoms with E-state index in [0.29, 0.717) is 18.0 Å². The number of H-pyrrole nitrogens is 1. The summed E-state index contributed by atoms with van der Waals surface area (Å²) < 4.78 is 7.13. The molecule has 1 aliphatic carbocycles. The van der Waals surface area contributed by atoms with Crippen LogP contribution in [-0.4, -0.2) is 14.5 Å². The topological polar surface area (TPSA) is 63.8 Å². The molecule has 1 N–H and O–H groups in total. The van der Waals surface area contributed by atoms with Crippen LogP contribution in [0.1, 0.15) is 48.7 Å². The van der Waals surface area contributed by atoms with Crippen molar-refractivity contribution < 1.29 is 4.42 Å². The van der Waals surface area contributed by atoms with Gasteiger partial charge in [0.25, 0.3) is 5.56 Å². The van der Waals surface area contributed by atoms with E-state index in [1.807, 2.05) is 36.5 Å². The zero-order valence-corrected chi connectivity index (χ0v) is 15.0. The van der Waals surface area contributed by atoms with Crippen molar-refractivity contribution in [2.45, 2.75) is 38.0 Å². The Bertz CT molecular complexity index is 1070. The van der Waals surface area contributed by atoms with Gasteiger partial charge in [-0.15, -0.1) is 0 Å². The summed E-state index contributed by atoms with van der Waals surface area (Å²) in [6.07, 6.45) is 8.65. The first-order chi connectivity index (χ1) is 13.3. The minimum Gasteiger partial charge on any atom is -0.469 e. The molecule has 5 rings (SSSR count). The van der Waals surface area contributed by atoms with Crippen molar-refractivity contribution in [3.63, 3.8) is 0 Å². The molecule has 2 aliphatic heterocycles. The van der Waals surface area contributed by atoms with Gasteiger partial charge in [0.15, 0.2) is 5.82 Å². The summed E-state index contributed by atoms with van der Waals surface area (Å²) in [5, 5.41) is 0. The Morgan fingerprint density at radius 3 is 2.67 bits per heavy atom. The minimum absolute atomic E-state index is 0.0631. The smallest absolute Gasteiger partial charge is 0.278 e. The number of furan rings is 1. The Morgan fingerprint density at radius 2 is 1.93 bits per heavy atom. The van der Waals surface area contributed by atoms with Crippen molar-refractivity contribution in [3.05, 3.63) is 82.4 Å². The summed E-state index contributed by atoms with van der Waals surface area (Å²) in [7, 11) is 0. The maximum Gasteiger partial charge on any atom is 0.278 e. The average Bonchev–Trinajstić information content (AvgIpc) is 3.46. The number of rotatable bonds is 4. The van der Waals surface area contributed by atoms with Gasteiger partial charge in [-0.25, -0.2) is 4.98 Å². The number of imidazole rings is 1. The summed E-state index contributed by atoms with van der Waals surface area (Å²) in [4.78, 5) is 21.4. The van der Waals surface area contributed by atoms with Gasteiger partial charge in [0.05, 0.1) is 24.1 Å². The first kappa shape index (κ1) is 16.1. The summed E-state index contributed by atoms with van der Waals surface area (Å²) in [5.74, 6) is 1.94. The average molecular weight is 359 g/mol. The summed E-state index contributed by atoms with van der Waals surface area (Å²) in [6, 6.07) is 13.8. The fraction of sp³-hybridized carbons (Fsp3) is 0.273. The molecule has 2 aromatic rings. The van der Waals surface area contributed by atoms with E-state index in [4.69, 9.17) is 9.40 Å². The first-order valence-corrected chi connectivity index (χ1v) is 9.51. The fourth-order valence-corrected chi connectivity index (χ4v) is 4.09. The van der Waals surface area contributed by atoms with E-state index in [1.165, 1.54) is 12.8 Å². The molecule has 5 heteroatoms. The van der Waals surface area contributed by atoms with E-state index in [-0.39, 0.29) is 5.56 Å². The highest BCUT2D eigenvalue weighted by Crippen LogP contribution is 2.37. The summed E-state index contributed by atoms with van der Waals surface area (Å²) >= 11 is 0. The Hall–Kier alpha value is -3.08. The second-order valence-corrected chi connectivity index (χ2v) is 7.24. The molecule has 0 amide bonds. The number of fused-ring (bicyclic) bond motifs is 1. The highest BCUT2D eigenvalue weighted by atomic mass is 16.3. The lowest BCUT2D eigenvalue weighted by Gasteiger charge is -2.17. The molecule has 3 aliphatic rings. The molecule has 0 bridgehead atoms. The lowest BCUT2D eigenvalue weighted by molar-refractivity contribution is 0.519. The largest absolute Gasteiger partial charge is 0.469 e. The molecule has 1 saturated carbocycles. The minimum atomic E-state index is -0.0631. The maximum absolute atomic E-state index is 13.1. The predicted octanol–water partition coefficient (Wildman–Crippen LogP) is 4.51. The molecule has 0 radical (unpaired) electrons. The van der Waals surface area contributed by atoms with Gasteiger partial charge in [-0.2, -0.15) is 0 Å². The molecular weight excluding hydrogens is 338 g/mol. The molecule has 0 unspecified atom stereocenters. The summed E-state index contributed by atoms with van der Waals surface area (Å²) in [5.41, 5.74) is 3.56. The van der Waals surface area contributed by atoms with E-state index in [9.17, 15) is 4.79 Å². The van der Waals surface area contributed by atoms with E-state index < -0.39 is 0 Å². The van der Waals surface area contributed by atoms with Crippen LogP contribution in [0.15, 0.2) is 64.1 Å². The van der Waals surface area contributed by atoms with Crippen LogP contribution < -0.4 is 5.56 Å². The van der Waals surface area contributed by atoms with Crippen molar-refractivity contribution in [2.75, 3.05) is 0 Å². The van der Waals surface area contributed by atoms with Crippen molar-refractivity contribution in [1.82, 2.24) is 14.5 Å². The SMILES string of the molecule is O=c1c(Cc2ccco2)nc2c(C3CCCC3)[nH]c(-c3ccccc3)cn1-2. The predicted molar refractivity (Wildman–Crippen MR) is 104 cm³/mol. The van der Waals surface area contributed by atoms with Gasteiger partial charge in [0, 0.05) is 12.1 Å². The third-order valence-corrected chi connectivity index (χ3v) is 5.47. The molecule has 27 heavy (non-hydrogen) atoms. The van der Waals surface area contributed by atoms with Gasteiger partial charge in [-0.05, 0) is 30.5 Å². The lowest BCUT2D eigenvalue weighted by Crippen LogP contribution is -2.18. The second-order valence-electron chi connectivity index (χ2n) is 7.24. The third-order valence-electron chi connectivity index (χ3n) is 5.47. The quantitative estimate of drug-likeness (QED) is 0.583. The van der Waals surface area contributed by atoms with Crippen molar-refractivity contribution in [1.29, 1.82) is 0 Å². The zero-order valence-electron chi connectivity index (χ0n) is 15.0. The van der Waals surface area contributed by atoms with E-state index in [0.717, 1.165) is 41.4 Å². The number of hydrogen-bond acceptors (Lipinski definition) is 3. The van der Waals surface area contributed by atoms with Gasteiger partial charge in [0.1, 0.15) is 11.5 Å². The monoisotopic (exact) mass is 359 g/mol. The van der Waals surface area contributed by atoms with E-state index in [1.54, 1.807) is 10.8 Å². The molecule has 0 spiro atoms. The molecule has 0 saturated heterocycles. The molecule has 136 valence electrons. The highest BCUT2D eigenvalue weighted by molar-refractivity contribution is 5.60. The Morgan fingerprint density at radius 1 is 1.11 bits per heavy atom. The molecule has 3 heterocycles. The maximum atomic E-state index is 13.1. The van der Waals surface area contributed by atoms with Gasteiger partial charge in [-0.1, -0.05) is 43.2 Å². The standard InChI is InChI=1S/C22H21N3O2/c26-22-18(13-17-11-6-12-27-17)24-21-20(16-9-4-5-10-16)23-19(14-25(21)22)15-7-2-1-3-8-15/h1-3,6-8,11-12,14,16,23H,4-5,9-10,13H2. The highest BCUT2D eigenvalue weighted by Gasteiger charge is 2.27.